The predicted molar refractivity (Wildman–Crippen MR) is 121 cm³/mol. The summed E-state index contributed by atoms with van der Waals surface area (Å²) in [6.07, 6.45) is 10.1. The van der Waals surface area contributed by atoms with Gasteiger partial charge in [-0.2, -0.15) is 0 Å². The molecule has 2 N–H and O–H groups in total. The largest absolute Gasteiger partial charge is 0.389 e. The molecule has 0 aliphatic carbocycles. The molecule has 0 saturated carbocycles. The summed E-state index contributed by atoms with van der Waals surface area (Å²) >= 11 is 0. The van der Waals surface area contributed by atoms with Gasteiger partial charge in [-0.25, -0.2) is 0 Å². The molecule has 0 aliphatic rings. The van der Waals surface area contributed by atoms with Gasteiger partial charge in [-0.3, -0.25) is 0 Å². The van der Waals surface area contributed by atoms with Crippen LogP contribution >= 0.6 is 0 Å². The molecule has 0 heterocycles. The molecule has 0 aromatic heterocycles. The minimum Gasteiger partial charge on any atom is -0.389 e. The molecule has 2 aromatic carbocycles. The van der Waals surface area contributed by atoms with Crippen molar-refractivity contribution in [2.24, 2.45) is 0 Å². The van der Waals surface area contributed by atoms with Crippen LogP contribution in [0.1, 0.15) is 68.6 Å². The van der Waals surface area contributed by atoms with Crippen molar-refractivity contribution in [2.45, 2.75) is 71.4 Å². The molecule has 0 fully saturated rings. The zero-order valence-electron chi connectivity index (χ0n) is 17.7. The first-order valence-electron chi connectivity index (χ1n) is 10.9. The molecule has 2 nitrogen and oxygen atoms in total. The summed E-state index contributed by atoms with van der Waals surface area (Å²) in [4.78, 5) is 0. The quantitative estimate of drug-likeness (QED) is 0.401. The Morgan fingerprint density at radius 3 is 2.32 bits per heavy atom. The Kier molecular flexibility index (Phi) is 10.6. The standard InChI is InChI=1S/C26H37NO/c1-3-4-5-6-7-11-14-26(28)19-25(24-17-15-22(2)16-18-24)21-27-20-23-12-9-8-10-13-23/h8-10,12-13,15-19,26-28H,3-7,11,14,20-21H2,1-2H3/b25-19-. The Hall–Kier alpha value is -1.90. The van der Waals surface area contributed by atoms with Crippen LogP contribution in [0.15, 0.2) is 60.7 Å². The Bertz CT molecular complexity index is 675. The highest BCUT2D eigenvalue weighted by Gasteiger charge is 2.07. The maximum Gasteiger partial charge on any atom is 0.0727 e. The molecule has 28 heavy (non-hydrogen) atoms. The number of hydrogen-bond donors (Lipinski definition) is 2. The van der Waals surface area contributed by atoms with Crippen LogP contribution in [-0.4, -0.2) is 17.8 Å². The first-order valence-corrected chi connectivity index (χ1v) is 10.9. The number of nitrogens with one attached hydrogen (secondary N) is 1. The maximum absolute atomic E-state index is 10.6. The zero-order valence-corrected chi connectivity index (χ0v) is 17.7. The molecular formula is C26H37NO. The lowest BCUT2D eigenvalue weighted by molar-refractivity contribution is 0.208. The molecule has 0 amide bonds. The second-order valence-corrected chi connectivity index (χ2v) is 7.77. The van der Waals surface area contributed by atoms with Crippen LogP contribution in [0.2, 0.25) is 0 Å². The summed E-state index contributed by atoms with van der Waals surface area (Å²) in [6.45, 7) is 5.93. The Morgan fingerprint density at radius 2 is 1.61 bits per heavy atom. The van der Waals surface area contributed by atoms with Crippen LogP contribution in [0, 0.1) is 6.92 Å². The Balaban J connectivity index is 1.91. The summed E-state index contributed by atoms with van der Waals surface area (Å²) < 4.78 is 0. The van der Waals surface area contributed by atoms with Crippen LogP contribution in [-0.2, 0) is 6.54 Å². The molecule has 2 rings (SSSR count). The van der Waals surface area contributed by atoms with Gasteiger partial charge in [0.15, 0.2) is 0 Å². The van der Waals surface area contributed by atoms with Crippen molar-refractivity contribution in [1.29, 1.82) is 0 Å². The van der Waals surface area contributed by atoms with E-state index in [2.05, 4.69) is 73.8 Å². The molecular weight excluding hydrogens is 342 g/mol. The zero-order chi connectivity index (χ0) is 20.0. The lowest BCUT2D eigenvalue weighted by Crippen LogP contribution is -2.17. The number of aryl methyl sites for hydroxylation is 1. The first-order chi connectivity index (χ1) is 13.7. The van der Waals surface area contributed by atoms with E-state index in [1.165, 1.54) is 54.4 Å². The minimum absolute atomic E-state index is 0.374. The monoisotopic (exact) mass is 379 g/mol. The molecule has 0 radical (unpaired) electrons. The van der Waals surface area contributed by atoms with E-state index in [1.807, 2.05) is 6.07 Å². The fourth-order valence-electron chi connectivity index (χ4n) is 3.41. The first kappa shape index (κ1) is 22.4. The van der Waals surface area contributed by atoms with Crippen LogP contribution in [0.3, 0.4) is 0 Å². The molecule has 2 heteroatoms. The van der Waals surface area contributed by atoms with E-state index in [4.69, 9.17) is 0 Å². The molecule has 2 aromatic rings. The second-order valence-electron chi connectivity index (χ2n) is 7.77. The van der Waals surface area contributed by atoms with E-state index in [0.29, 0.717) is 0 Å². The third-order valence-corrected chi connectivity index (χ3v) is 5.16. The van der Waals surface area contributed by atoms with Crippen molar-refractivity contribution < 1.29 is 5.11 Å². The van der Waals surface area contributed by atoms with Crippen LogP contribution in [0.4, 0.5) is 0 Å². The van der Waals surface area contributed by atoms with Crippen molar-refractivity contribution in [3.05, 3.63) is 77.4 Å². The minimum atomic E-state index is -0.374. The fourth-order valence-corrected chi connectivity index (χ4v) is 3.41. The van der Waals surface area contributed by atoms with E-state index in [-0.39, 0.29) is 6.10 Å². The maximum atomic E-state index is 10.6. The number of hydrogen-bond acceptors (Lipinski definition) is 2. The van der Waals surface area contributed by atoms with Gasteiger partial charge in [-0.1, -0.05) is 112 Å². The van der Waals surface area contributed by atoms with Gasteiger partial charge in [-0.15, -0.1) is 0 Å². The lowest BCUT2D eigenvalue weighted by atomic mass is 10.00. The normalized spacial score (nSPS) is 12.9. The van der Waals surface area contributed by atoms with Gasteiger partial charge < -0.3 is 10.4 Å². The SMILES string of the molecule is CCCCCCCCC(O)/C=C(/CNCc1ccccc1)c1ccc(C)cc1. The lowest BCUT2D eigenvalue weighted by Gasteiger charge is -2.14. The number of aliphatic hydroxyl groups is 1. The van der Waals surface area contributed by atoms with Gasteiger partial charge in [0, 0.05) is 13.1 Å². The predicted octanol–water partition coefficient (Wildman–Crippen LogP) is 6.28. The van der Waals surface area contributed by atoms with Gasteiger partial charge in [0.25, 0.3) is 0 Å². The van der Waals surface area contributed by atoms with Crippen LogP contribution in [0.5, 0.6) is 0 Å². The summed E-state index contributed by atoms with van der Waals surface area (Å²) in [5.74, 6) is 0. The van der Waals surface area contributed by atoms with Crippen LogP contribution < -0.4 is 5.32 Å². The Labute approximate surface area is 171 Å². The van der Waals surface area contributed by atoms with E-state index >= 15 is 0 Å². The molecule has 0 spiro atoms. The molecule has 1 unspecified atom stereocenters. The second kappa shape index (κ2) is 13.3. The van der Waals surface area contributed by atoms with Crippen LogP contribution in [0.25, 0.3) is 5.57 Å². The van der Waals surface area contributed by atoms with E-state index in [1.54, 1.807) is 0 Å². The smallest absolute Gasteiger partial charge is 0.0727 e. The van der Waals surface area contributed by atoms with Gasteiger partial charge >= 0.3 is 0 Å². The summed E-state index contributed by atoms with van der Waals surface area (Å²) in [7, 11) is 0. The average molecular weight is 380 g/mol. The van der Waals surface area contributed by atoms with Crippen molar-refractivity contribution in [3.63, 3.8) is 0 Å². The summed E-state index contributed by atoms with van der Waals surface area (Å²) in [6, 6.07) is 19.0. The third-order valence-electron chi connectivity index (χ3n) is 5.16. The van der Waals surface area contributed by atoms with Crippen molar-refractivity contribution in [2.75, 3.05) is 6.54 Å². The van der Waals surface area contributed by atoms with Gasteiger partial charge in [0.1, 0.15) is 0 Å². The number of aliphatic hydroxyl groups excluding tert-OH is 1. The number of benzene rings is 2. The highest BCUT2D eigenvalue weighted by molar-refractivity contribution is 5.67. The topological polar surface area (TPSA) is 32.3 Å². The van der Waals surface area contributed by atoms with Crippen molar-refractivity contribution in [3.8, 4) is 0 Å². The molecule has 0 bridgehead atoms. The summed E-state index contributed by atoms with van der Waals surface area (Å²) in [5, 5.41) is 14.1. The van der Waals surface area contributed by atoms with Gasteiger partial charge in [0.2, 0.25) is 0 Å². The molecule has 152 valence electrons. The van der Waals surface area contributed by atoms with Crippen molar-refractivity contribution in [1.82, 2.24) is 5.32 Å². The van der Waals surface area contributed by atoms with Gasteiger partial charge in [0.05, 0.1) is 6.10 Å². The highest BCUT2D eigenvalue weighted by atomic mass is 16.3. The average Bonchev–Trinajstić information content (AvgIpc) is 2.71. The molecule has 0 saturated heterocycles. The molecule has 0 aliphatic heterocycles. The van der Waals surface area contributed by atoms with E-state index in [0.717, 1.165) is 25.9 Å². The van der Waals surface area contributed by atoms with E-state index in [9.17, 15) is 5.11 Å². The van der Waals surface area contributed by atoms with E-state index < -0.39 is 0 Å². The molecule has 1 atom stereocenters. The van der Waals surface area contributed by atoms with Gasteiger partial charge in [-0.05, 0) is 30.0 Å². The fraction of sp³-hybridized carbons (Fsp3) is 0.462. The Morgan fingerprint density at radius 1 is 0.929 bits per heavy atom. The third kappa shape index (κ3) is 8.86. The number of rotatable bonds is 13. The highest BCUT2D eigenvalue weighted by Crippen LogP contribution is 2.18. The number of unbranched alkanes of at least 4 members (excludes halogenated alkanes) is 5. The van der Waals surface area contributed by atoms with Crippen molar-refractivity contribution >= 4 is 5.57 Å². The summed E-state index contributed by atoms with van der Waals surface area (Å²) in [5.41, 5.74) is 4.90.